The molecular weight excluding hydrogens is 432 g/mol. The zero-order valence-electron chi connectivity index (χ0n) is 18.6. The van der Waals surface area contributed by atoms with Gasteiger partial charge in [-0.1, -0.05) is 30.3 Å². The number of ether oxygens (including phenoxy) is 2. The van der Waals surface area contributed by atoms with Crippen LogP contribution in [0.25, 0.3) is 11.0 Å². The van der Waals surface area contributed by atoms with Gasteiger partial charge in [-0.25, -0.2) is 9.97 Å². The number of nitrogens with zero attached hydrogens (tertiary/aromatic N) is 4. The van der Waals surface area contributed by atoms with Crippen LogP contribution in [0.1, 0.15) is 24.8 Å². The summed E-state index contributed by atoms with van der Waals surface area (Å²) in [5.74, 6) is 2.17. The van der Waals surface area contributed by atoms with Gasteiger partial charge in [-0.15, -0.1) is 0 Å². The normalized spacial score (nSPS) is 20.9. The highest BCUT2D eigenvalue weighted by molar-refractivity contribution is 5.90. The van der Waals surface area contributed by atoms with Crippen LogP contribution in [0.2, 0.25) is 0 Å². The summed E-state index contributed by atoms with van der Waals surface area (Å²) in [6.45, 7) is 3.15. The Bertz CT molecular complexity index is 1360. The summed E-state index contributed by atoms with van der Waals surface area (Å²) >= 11 is 0. The first-order valence-corrected chi connectivity index (χ1v) is 11.4. The largest absolute Gasteiger partial charge is 0.482 e. The fourth-order valence-corrected chi connectivity index (χ4v) is 4.79. The number of amides is 1. The molecule has 0 aliphatic carbocycles. The number of para-hydroxylation sites is 3. The van der Waals surface area contributed by atoms with Crippen LogP contribution in [0.4, 0.5) is 11.5 Å². The predicted octanol–water partition coefficient (Wildman–Crippen LogP) is 3.32. The van der Waals surface area contributed by atoms with Gasteiger partial charge in [0.2, 0.25) is 6.10 Å². The van der Waals surface area contributed by atoms with Crippen molar-refractivity contribution in [3.05, 3.63) is 66.6 Å². The van der Waals surface area contributed by atoms with Crippen molar-refractivity contribution in [2.45, 2.75) is 31.5 Å². The second kappa shape index (κ2) is 8.33. The van der Waals surface area contributed by atoms with E-state index in [4.69, 9.17) is 9.47 Å². The summed E-state index contributed by atoms with van der Waals surface area (Å²) in [6.07, 6.45) is 3.05. The van der Waals surface area contributed by atoms with Crippen molar-refractivity contribution in [1.29, 1.82) is 0 Å². The Morgan fingerprint density at radius 1 is 1.12 bits per heavy atom. The summed E-state index contributed by atoms with van der Waals surface area (Å²) in [7, 11) is 0. The lowest BCUT2D eigenvalue weighted by Gasteiger charge is -2.31. The Labute approximate surface area is 196 Å². The molecule has 9 nitrogen and oxygen atoms in total. The number of aromatic amines is 1. The molecule has 0 saturated carbocycles. The third-order valence-corrected chi connectivity index (χ3v) is 6.45. The number of nitrogens with one attached hydrogen (secondary N) is 2. The van der Waals surface area contributed by atoms with Crippen LogP contribution in [0, 0.1) is 0 Å². The lowest BCUT2D eigenvalue weighted by atomic mass is 9.98. The Morgan fingerprint density at radius 3 is 2.79 bits per heavy atom. The van der Waals surface area contributed by atoms with Gasteiger partial charge in [0.1, 0.15) is 18.2 Å². The SMILES string of the molecule is CC1Oc2ccccc2OC1C(=O)NCCC1CN(c2ncnc3[nH]ncc23)c2ccccc21. The Balaban J connectivity index is 1.15. The number of H-pyrrole nitrogens is 1. The van der Waals surface area contributed by atoms with E-state index in [1.54, 1.807) is 12.5 Å². The van der Waals surface area contributed by atoms with E-state index in [0.29, 0.717) is 23.7 Å². The van der Waals surface area contributed by atoms with Crippen LogP contribution in [0.5, 0.6) is 11.5 Å². The molecule has 2 aromatic carbocycles. The standard InChI is InChI=1S/C25H24N6O3/c1-15-22(34-21-9-5-4-8-20(21)33-15)25(32)26-11-10-16-13-31(19-7-3-2-6-17(16)19)24-18-12-29-30-23(18)27-14-28-24/h2-9,12,14-16,22H,10-11,13H2,1H3,(H,26,32)(H,27,28,29,30). The highest BCUT2D eigenvalue weighted by Crippen LogP contribution is 2.42. The van der Waals surface area contributed by atoms with Gasteiger partial charge in [0.25, 0.3) is 5.91 Å². The first-order valence-electron chi connectivity index (χ1n) is 11.4. The van der Waals surface area contributed by atoms with Gasteiger partial charge in [0.05, 0.1) is 11.6 Å². The molecule has 0 spiro atoms. The van der Waals surface area contributed by atoms with Crippen LogP contribution in [-0.2, 0) is 4.79 Å². The Hall–Kier alpha value is -4.14. The quantitative estimate of drug-likeness (QED) is 0.475. The number of aromatic nitrogens is 4. The minimum Gasteiger partial charge on any atom is -0.482 e. The van der Waals surface area contributed by atoms with Gasteiger partial charge in [-0.2, -0.15) is 5.10 Å². The molecule has 0 radical (unpaired) electrons. The third-order valence-electron chi connectivity index (χ3n) is 6.45. The highest BCUT2D eigenvalue weighted by atomic mass is 16.6. The molecule has 0 fully saturated rings. The molecule has 34 heavy (non-hydrogen) atoms. The van der Waals surface area contributed by atoms with Crippen molar-refractivity contribution in [3.8, 4) is 11.5 Å². The number of anilines is 2. The average molecular weight is 457 g/mol. The van der Waals surface area contributed by atoms with Gasteiger partial charge < -0.3 is 19.7 Å². The lowest BCUT2D eigenvalue weighted by Crippen LogP contribution is -2.49. The predicted molar refractivity (Wildman–Crippen MR) is 126 cm³/mol. The molecule has 3 unspecified atom stereocenters. The molecule has 4 aromatic rings. The van der Waals surface area contributed by atoms with E-state index in [0.717, 1.165) is 29.9 Å². The van der Waals surface area contributed by atoms with Crippen LogP contribution < -0.4 is 19.7 Å². The summed E-state index contributed by atoms with van der Waals surface area (Å²) in [4.78, 5) is 23.9. The Kier molecular flexibility index (Phi) is 5.01. The fourth-order valence-electron chi connectivity index (χ4n) is 4.79. The zero-order chi connectivity index (χ0) is 23.1. The van der Waals surface area contributed by atoms with Crippen LogP contribution in [0.3, 0.4) is 0 Å². The van der Waals surface area contributed by atoms with E-state index >= 15 is 0 Å². The highest BCUT2D eigenvalue weighted by Gasteiger charge is 2.35. The van der Waals surface area contributed by atoms with Crippen molar-refractivity contribution >= 4 is 28.4 Å². The summed E-state index contributed by atoms with van der Waals surface area (Å²) < 4.78 is 11.8. The molecule has 1 amide bonds. The van der Waals surface area contributed by atoms with Crippen molar-refractivity contribution in [3.63, 3.8) is 0 Å². The van der Waals surface area contributed by atoms with E-state index in [-0.39, 0.29) is 17.9 Å². The Morgan fingerprint density at radius 2 is 1.91 bits per heavy atom. The minimum atomic E-state index is -0.683. The van der Waals surface area contributed by atoms with E-state index < -0.39 is 6.10 Å². The first-order chi connectivity index (χ1) is 16.7. The molecule has 172 valence electrons. The van der Waals surface area contributed by atoms with E-state index in [1.165, 1.54) is 5.56 Å². The smallest absolute Gasteiger partial charge is 0.265 e. The number of carbonyl (C=O) groups excluding carboxylic acids is 1. The molecule has 0 bridgehead atoms. The van der Waals surface area contributed by atoms with E-state index in [9.17, 15) is 4.79 Å². The van der Waals surface area contributed by atoms with Gasteiger partial charge in [0, 0.05) is 24.7 Å². The number of fused-ring (bicyclic) bond motifs is 3. The maximum absolute atomic E-state index is 12.9. The maximum Gasteiger partial charge on any atom is 0.265 e. The number of carbonyl (C=O) groups is 1. The fraction of sp³-hybridized carbons (Fsp3) is 0.280. The van der Waals surface area contributed by atoms with Gasteiger partial charge in [0.15, 0.2) is 17.1 Å². The average Bonchev–Trinajstić information content (AvgIpc) is 3.49. The second-order valence-corrected chi connectivity index (χ2v) is 8.58. The van der Waals surface area contributed by atoms with Crippen LogP contribution in [-0.4, -0.2) is 51.4 Å². The molecule has 2 aliphatic rings. The zero-order valence-corrected chi connectivity index (χ0v) is 18.6. The van der Waals surface area contributed by atoms with Crippen molar-refractivity contribution in [1.82, 2.24) is 25.5 Å². The second-order valence-electron chi connectivity index (χ2n) is 8.58. The maximum atomic E-state index is 12.9. The van der Waals surface area contributed by atoms with E-state index in [1.807, 2.05) is 43.3 Å². The van der Waals surface area contributed by atoms with Gasteiger partial charge in [-0.3, -0.25) is 9.89 Å². The molecule has 2 aromatic heterocycles. The molecule has 2 aliphatic heterocycles. The monoisotopic (exact) mass is 456 g/mol. The summed E-state index contributed by atoms with van der Waals surface area (Å²) in [5, 5.41) is 11.0. The molecule has 2 N–H and O–H groups in total. The van der Waals surface area contributed by atoms with Crippen molar-refractivity contribution in [2.24, 2.45) is 0 Å². The van der Waals surface area contributed by atoms with E-state index in [2.05, 4.69) is 42.5 Å². The van der Waals surface area contributed by atoms with Gasteiger partial charge >= 0.3 is 0 Å². The molecule has 3 atom stereocenters. The number of rotatable bonds is 5. The molecule has 6 rings (SSSR count). The topological polar surface area (TPSA) is 105 Å². The molecular formula is C25H24N6O3. The number of hydrogen-bond donors (Lipinski definition) is 2. The summed E-state index contributed by atoms with van der Waals surface area (Å²) in [5.41, 5.74) is 3.07. The van der Waals surface area contributed by atoms with Gasteiger partial charge in [-0.05, 0) is 37.1 Å². The van der Waals surface area contributed by atoms with Crippen molar-refractivity contribution < 1.29 is 14.3 Å². The first kappa shape index (κ1) is 20.5. The molecule has 9 heteroatoms. The molecule has 4 heterocycles. The van der Waals surface area contributed by atoms with Crippen LogP contribution >= 0.6 is 0 Å². The number of benzene rings is 2. The minimum absolute atomic E-state index is 0.166. The lowest BCUT2D eigenvalue weighted by molar-refractivity contribution is -0.133. The van der Waals surface area contributed by atoms with Crippen LogP contribution in [0.15, 0.2) is 61.1 Å². The third kappa shape index (κ3) is 3.49. The summed E-state index contributed by atoms with van der Waals surface area (Å²) in [6, 6.07) is 15.7. The molecule has 0 saturated heterocycles. The number of hydrogen-bond acceptors (Lipinski definition) is 7. The van der Waals surface area contributed by atoms with Crippen molar-refractivity contribution in [2.75, 3.05) is 18.0 Å².